The van der Waals surface area contributed by atoms with Crippen LogP contribution in [-0.4, -0.2) is 15.9 Å². The van der Waals surface area contributed by atoms with Crippen molar-refractivity contribution in [1.29, 1.82) is 0 Å². The molecule has 68 valence electrons. The molecule has 0 fully saturated rings. The fraction of sp³-hybridized carbons (Fsp3) is 1.00. The van der Waals surface area contributed by atoms with Crippen LogP contribution in [0.5, 0.6) is 0 Å². The van der Waals surface area contributed by atoms with Gasteiger partial charge in [0, 0.05) is 0 Å². The SMILES string of the molecule is CC(C)C(C)(C)CP(=O)(O)O. The highest BCUT2D eigenvalue weighted by molar-refractivity contribution is 7.51. The van der Waals surface area contributed by atoms with E-state index in [-0.39, 0.29) is 17.5 Å². The van der Waals surface area contributed by atoms with Crippen molar-refractivity contribution < 1.29 is 14.4 Å². The van der Waals surface area contributed by atoms with E-state index in [2.05, 4.69) is 0 Å². The smallest absolute Gasteiger partial charge is 0.324 e. The number of hydrogen-bond donors (Lipinski definition) is 2. The zero-order valence-corrected chi connectivity index (χ0v) is 8.43. The molecule has 0 bridgehead atoms. The van der Waals surface area contributed by atoms with Gasteiger partial charge < -0.3 is 9.79 Å². The molecule has 0 aliphatic rings. The summed E-state index contributed by atoms with van der Waals surface area (Å²) in [5.74, 6) is 0.287. The fourth-order valence-corrected chi connectivity index (χ4v) is 2.14. The van der Waals surface area contributed by atoms with Crippen molar-refractivity contribution in [2.24, 2.45) is 11.3 Å². The summed E-state index contributed by atoms with van der Waals surface area (Å²) in [5, 5.41) is 0. The van der Waals surface area contributed by atoms with E-state index in [1.165, 1.54) is 0 Å². The molecule has 0 saturated heterocycles. The molecule has 0 amide bonds. The second-order valence-corrected chi connectivity index (χ2v) is 5.61. The average molecular weight is 180 g/mol. The minimum Gasteiger partial charge on any atom is -0.324 e. The maximum absolute atomic E-state index is 10.6. The van der Waals surface area contributed by atoms with Crippen LogP contribution >= 0.6 is 7.60 Å². The number of hydrogen-bond acceptors (Lipinski definition) is 1. The Kier molecular flexibility index (Phi) is 3.30. The van der Waals surface area contributed by atoms with Gasteiger partial charge in [0.2, 0.25) is 0 Å². The first kappa shape index (κ1) is 11.2. The summed E-state index contributed by atoms with van der Waals surface area (Å²) in [7, 11) is -3.84. The first-order valence-corrected chi connectivity index (χ1v) is 5.49. The quantitative estimate of drug-likeness (QED) is 0.651. The highest BCUT2D eigenvalue weighted by Gasteiger charge is 2.30. The predicted octanol–water partition coefficient (Wildman–Crippen LogP) is 1.85. The molecule has 0 rings (SSSR count). The van der Waals surface area contributed by atoms with Gasteiger partial charge in [-0.1, -0.05) is 27.7 Å². The van der Waals surface area contributed by atoms with E-state index >= 15 is 0 Å². The lowest BCUT2D eigenvalue weighted by atomic mass is 9.83. The van der Waals surface area contributed by atoms with Crippen LogP contribution in [0, 0.1) is 11.3 Å². The van der Waals surface area contributed by atoms with Gasteiger partial charge in [0.05, 0.1) is 6.16 Å². The van der Waals surface area contributed by atoms with E-state index in [1.807, 2.05) is 27.7 Å². The Morgan fingerprint density at radius 3 is 1.82 bits per heavy atom. The van der Waals surface area contributed by atoms with Gasteiger partial charge in [-0.25, -0.2) is 0 Å². The van der Waals surface area contributed by atoms with Gasteiger partial charge in [-0.05, 0) is 11.3 Å². The van der Waals surface area contributed by atoms with Gasteiger partial charge in [-0.2, -0.15) is 0 Å². The largest absolute Gasteiger partial charge is 0.326 e. The van der Waals surface area contributed by atoms with E-state index in [0.717, 1.165) is 0 Å². The molecule has 0 heterocycles. The van der Waals surface area contributed by atoms with Crippen LogP contribution in [0.4, 0.5) is 0 Å². The van der Waals surface area contributed by atoms with Crippen molar-refractivity contribution in [3.63, 3.8) is 0 Å². The molecule has 11 heavy (non-hydrogen) atoms. The topological polar surface area (TPSA) is 57.5 Å². The minimum absolute atomic E-state index is 0.0301. The average Bonchev–Trinajstić information content (AvgIpc) is 1.56. The Morgan fingerprint density at radius 2 is 1.73 bits per heavy atom. The summed E-state index contributed by atoms with van der Waals surface area (Å²) in [4.78, 5) is 17.4. The first-order valence-electron chi connectivity index (χ1n) is 3.70. The summed E-state index contributed by atoms with van der Waals surface area (Å²) in [6, 6.07) is 0. The molecular formula is C7H17O3P. The number of rotatable bonds is 3. The molecule has 3 nitrogen and oxygen atoms in total. The van der Waals surface area contributed by atoms with Gasteiger partial charge in [0.25, 0.3) is 0 Å². The third kappa shape index (κ3) is 4.57. The second-order valence-electron chi connectivity index (χ2n) is 3.97. The normalized spacial score (nSPS) is 14.1. The van der Waals surface area contributed by atoms with Crippen LogP contribution in [0.25, 0.3) is 0 Å². The standard InChI is InChI=1S/C7H17O3P/c1-6(2)7(3,4)5-11(8,9)10/h6H,5H2,1-4H3,(H2,8,9,10). The van der Waals surface area contributed by atoms with Gasteiger partial charge in [0.15, 0.2) is 0 Å². The van der Waals surface area contributed by atoms with Gasteiger partial charge >= 0.3 is 7.60 Å². The van der Waals surface area contributed by atoms with Crippen molar-refractivity contribution in [2.45, 2.75) is 27.7 Å². The third-order valence-electron chi connectivity index (χ3n) is 2.18. The Labute approximate surface area is 68.0 Å². The van der Waals surface area contributed by atoms with Crippen LogP contribution in [-0.2, 0) is 4.57 Å². The van der Waals surface area contributed by atoms with E-state index < -0.39 is 7.60 Å². The van der Waals surface area contributed by atoms with E-state index in [0.29, 0.717) is 0 Å². The fourth-order valence-electron chi connectivity index (χ4n) is 0.713. The molecule has 0 aliphatic carbocycles. The van der Waals surface area contributed by atoms with Crippen molar-refractivity contribution in [1.82, 2.24) is 0 Å². The molecular weight excluding hydrogens is 163 g/mol. The zero-order chi connectivity index (χ0) is 9.28. The Morgan fingerprint density at radius 1 is 1.36 bits per heavy atom. The first-order chi connectivity index (χ1) is 4.65. The van der Waals surface area contributed by atoms with Crippen molar-refractivity contribution in [3.05, 3.63) is 0 Å². The highest BCUT2D eigenvalue weighted by Crippen LogP contribution is 2.44. The van der Waals surface area contributed by atoms with Gasteiger partial charge in [-0.15, -0.1) is 0 Å². The van der Waals surface area contributed by atoms with E-state index in [1.54, 1.807) is 0 Å². The van der Waals surface area contributed by atoms with Crippen LogP contribution < -0.4 is 0 Å². The van der Waals surface area contributed by atoms with Crippen LogP contribution in [0.1, 0.15) is 27.7 Å². The highest BCUT2D eigenvalue weighted by atomic mass is 31.2. The summed E-state index contributed by atoms with van der Waals surface area (Å²) in [6.45, 7) is 7.68. The molecule has 0 unspecified atom stereocenters. The minimum atomic E-state index is -3.84. The van der Waals surface area contributed by atoms with Crippen molar-refractivity contribution in [3.8, 4) is 0 Å². The summed E-state index contributed by atoms with van der Waals surface area (Å²) >= 11 is 0. The van der Waals surface area contributed by atoms with Crippen molar-refractivity contribution >= 4 is 7.60 Å². The van der Waals surface area contributed by atoms with Crippen LogP contribution in [0.2, 0.25) is 0 Å². The maximum atomic E-state index is 10.6. The molecule has 0 aromatic carbocycles. The lowest BCUT2D eigenvalue weighted by Gasteiger charge is -2.29. The molecule has 2 N–H and O–H groups in total. The second kappa shape index (κ2) is 3.26. The summed E-state index contributed by atoms with van der Waals surface area (Å²) in [6.07, 6.45) is -0.0301. The van der Waals surface area contributed by atoms with Gasteiger partial charge in [-0.3, -0.25) is 4.57 Å². The molecule has 0 radical (unpaired) electrons. The summed E-state index contributed by atoms with van der Waals surface area (Å²) in [5.41, 5.74) is -0.279. The molecule has 0 aromatic heterocycles. The molecule has 0 spiro atoms. The molecule has 0 aliphatic heterocycles. The molecule has 4 heteroatoms. The molecule has 0 atom stereocenters. The van der Waals surface area contributed by atoms with E-state index in [9.17, 15) is 4.57 Å². The zero-order valence-electron chi connectivity index (χ0n) is 7.53. The Hall–Kier alpha value is 0.150. The summed E-state index contributed by atoms with van der Waals surface area (Å²) < 4.78 is 10.6. The Balaban J connectivity index is 4.25. The lowest BCUT2D eigenvalue weighted by Crippen LogP contribution is -2.23. The van der Waals surface area contributed by atoms with Crippen LogP contribution in [0.15, 0.2) is 0 Å². The third-order valence-corrected chi connectivity index (χ3v) is 3.40. The van der Waals surface area contributed by atoms with Gasteiger partial charge in [0.1, 0.15) is 0 Å². The predicted molar refractivity (Wildman–Crippen MR) is 45.5 cm³/mol. The lowest BCUT2D eigenvalue weighted by molar-refractivity contribution is 0.260. The Bertz CT molecular complexity index is 169. The van der Waals surface area contributed by atoms with Crippen molar-refractivity contribution in [2.75, 3.05) is 6.16 Å². The van der Waals surface area contributed by atoms with Crippen LogP contribution in [0.3, 0.4) is 0 Å². The maximum Gasteiger partial charge on any atom is 0.326 e. The monoisotopic (exact) mass is 180 g/mol. The van der Waals surface area contributed by atoms with E-state index in [4.69, 9.17) is 9.79 Å². The molecule has 0 saturated carbocycles. The molecule has 0 aromatic rings.